The number of aromatic amines is 1. The van der Waals surface area contributed by atoms with Gasteiger partial charge in [-0.1, -0.05) is 12.1 Å². The number of thiophene rings is 1. The molecule has 1 aromatic carbocycles. The number of nitriles is 1. The molecule has 0 bridgehead atoms. The summed E-state index contributed by atoms with van der Waals surface area (Å²) in [5, 5.41) is 19.3. The molecule has 2 N–H and O–H groups in total. The number of aromatic hydroxyl groups is 1. The maximum Gasteiger partial charge on any atom is 0.252 e. The number of H-pyrrole nitrogens is 1. The molecule has 0 unspecified atom stereocenters. The van der Waals surface area contributed by atoms with Crippen LogP contribution in [-0.4, -0.2) is 17.2 Å². The lowest BCUT2D eigenvalue weighted by molar-refractivity contribution is 0.414. The van der Waals surface area contributed by atoms with Gasteiger partial charge in [-0.25, -0.2) is 0 Å². The second-order valence-electron chi connectivity index (χ2n) is 4.74. The first-order valence-corrected chi connectivity index (χ1v) is 8.47. The van der Waals surface area contributed by atoms with E-state index in [1.165, 1.54) is 23.1 Å². The standard InChI is InChI=1S/C16H12N2O3S2/c1-21-10-4-2-3-9(5-10)8-22-16-11(7-17)14-15(23-16)12(19)6-13(20)18-14/h2-6H,8H2,1H3,(H2,18,19,20). The SMILES string of the molecule is COc1cccc(CSc2sc3c(O)cc(=O)[nH]c3c2C#N)c1. The highest BCUT2D eigenvalue weighted by Gasteiger charge is 2.16. The van der Waals surface area contributed by atoms with E-state index in [1.807, 2.05) is 24.3 Å². The molecular weight excluding hydrogens is 332 g/mol. The van der Waals surface area contributed by atoms with E-state index in [4.69, 9.17) is 4.74 Å². The Bertz CT molecular complexity index is 970. The summed E-state index contributed by atoms with van der Waals surface area (Å²) in [6.07, 6.45) is 0. The van der Waals surface area contributed by atoms with Crippen LogP contribution in [0.5, 0.6) is 11.5 Å². The molecular formula is C16H12N2O3S2. The highest BCUT2D eigenvalue weighted by Crippen LogP contribution is 2.41. The van der Waals surface area contributed by atoms with Crippen LogP contribution in [0.1, 0.15) is 11.1 Å². The van der Waals surface area contributed by atoms with Crippen molar-refractivity contribution < 1.29 is 9.84 Å². The quantitative estimate of drug-likeness (QED) is 0.708. The van der Waals surface area contributed by atoms with Crippen molar-refractivity contribution in [3.05, 3.63) is 51.8 Å². The highest BCUT2D eigenvalue weighted by atomic mass is 32.2. The number of pyridine rings is 1. The van der Waals surface area contributed by atoms with Crippen LogP contribution in [-0.2, 0) is 5.75 Å². The summed E-state index contributed by atoms with van der Waals surface area (Å²) in [7, 11) is 1.62. The van der Waals surface area contributed by atoms with E-state index in [9.17, 15) is 15.2 Å². The fraction of sp³-hybridized carbons (Fsp3) is 0.125. The molecule has 0 radical (unpaired) electrons. The number of rotatable bonds is 4. The molecule has 3 aromatic rings. The van der Waals surface area contributed by atoms with Gasteiger partial charge >= 0.3 is 0 Å². The lowest BCUT2D eigenvalue weighted by Gasteiger charge is -2.03. The Hall–Kier alpha value is -2.43. The largest absolute Gasteiger partial charge is 0.506 e. The molecule has 2 heterocycles. The van der Waals surface area contributed by atoms with Gasteiger partial charge in [0, 0.05) is 11.8 Å². The zero-order valence-corrected chi connectivity index (χ0v) is 13.8. The predicted octanol–water partition coefficient (Wildman–Crippen LogP) is 3.47. The summed E-state index contributed by atoms with van der Waals surface area (Å²) >= 11 is 2.79. The van der Waals surface area contributed by atoms with Crippen LogP contribution >= 0.6 is 23.1 Å². The molecule has 0 saturated carbocycles. The maximum atomic E-state index is 11.5. The fourth-order valence-electron chi connectivity index (χ4n) is 2.17. The Morgan fingerprint density at radius 2 is 2.26 bits per heavy atom. The number of hydrogen-bond donors (Lipinski definition) is 2. The summed E-state index contributed by atoms with van der Waals surface area (Å²) < 4.78 is 6.49. The summed E-state index contributed by atoms with van der Waals surface area (Å²) in [5.74, 6) is 1.34. The van der Waals surface area contributed by atoms with Gasteiger partial charge < -0.3 is 14.8 Å². The van der Waals surface area contributed by atoms with Gasteiger partial charge in [0.05, 0.1) is 21.5 Å². The Morgan fingerprint density at radius 1 is 1.43 bits per heavy atom. The second-order valence-corrected chi connectivity index (χ2v) is 7.00. The molecule has 0 aliphatic rings. The molecule has 0 atom stereocenters. The first-order valence-electron chi connectivity index (χ1n) is 6.67. The molecule has 2 aromatic heterocycles. The number of thioether (sulfide) groups is 1. The van der Waals surface area contributed by atoms with Crippen LogP contribution in [0.25, 0.3) is 10.2 Å². The van der Waals surface area contributed by atoms with Gasteiger partial charge in [0.1, 0.15) is 23.1 Å². The summed E-state index contributed by atoms with van der Waals surface area (Å²) in [6.45, 7) is 0. The lowest BCUT2D eigenvalue weighted by Crippen LogP contribution is -2.02. The number of nitrogens with zero attached hydrogens (tertiary/aromatic N) is 1. The minimum atomic E-state index is -0.423. The highest BCUT2D eigenvalue weighted by molar-refractivity contribution is 8.00. The summed E-state index contributed by atoms with van der Waals surface area (Å²) in [6, 6.07) is 10.9. The number of aromatic nitrogens is 1. The fourth-order valence-corrected chi connectivity index (χ4v) is 4.46. The van der Waals surface area contributed by atoms with Crippen LogP contribution in [0, 0.1) is 11.3 Å². The molecule has 116 valence electrons. The van der Waals surface area contributed by atoms with E-state index in [2.05, 4.69) is 11.1 Å². The molecule has 0 spiro atoms. The molecule has 0 aliphatic carbocycles. The van der Waals surface area contributed by atoms with Crippen molar-refractivity contribution in [2.75, 3.05) is 7.11 Å². The van der Waals surface area contributed by atoms with Crippen molar-refractivity contribution in [1.29, 1.82) is 5.26 Å². The van der Waals surface area contributed by atoms with E-state index < -0.39 is 5.56 Å². The first kappa shape index (κ1) is 15.5. The molecule has 0 saturated heterocycles. The van der Waals surface area contributed by atoms with E-state index in [-0.39, 0.29) is 5.75 Å². The third-order valence-electron chi connectivity index (χ3n) is 3.24. The van der Waals surface area contributed by atoms with E-state index >= 15 is 0 Å². The van der Waals surface area contributed by atoms with Crippen molar-refractivity contribution in [2.45, 2.75) is 9.96 Å². The maximum absolute atomic E-state index is 11.5. The molecule has 0 fully saturated rings. The molecule has 5 nitrogen and oxygen atoms in total. The number of methoxy groups -OCH3 is 1. The van der Waals surface area contributed by atoms with Crippen molar-refractivity contribution >= 4 is 33.3 Å². The average Bonchev–Trinajstić information content (AvgIpc) is 2.91. The minimum absolute atomic E-state index is 0.0986. The third-order valence-corrected chi connectivity index (χ3v) is 5.79. The van der Waals surface area contributed by atoms with Gasteiger partial charge in [0.2, 0.25) is 0 Å². The topological polar surface area (TPSA) is 86.1 Å². The van der Waals surface area contributed by atoms with Gasteiger partial charge in [0.15, 0.2) is 0 Å². The zero-order valence-electron chi connectivity index (χ0n) is 12.1. The molecule has 0 aliphatic heterocycles. The number of fused-ring (bicyclic) bond motifs is 1. The first-order chi connectivity index (χ1) is 11.1. The molecule has 23 heavy (non-hydrogen) atoms. The average molecular weight is 344 g/mol. The second kappa shape index (κ2) is 6.36. The van der Waals surface area contributed by atoms with Crippen molar-refractivity contribution in [1.82, 2.24) is 4.98 Å². The smallest absolute Gasteiger partial charge is 0.252 e. The summed E-state index contributed by atoms with van der Waals surface area (Å²) in [4.78, 5) is 14.1. The van der Waals surface area contributed by atoms with E-state index in [1.54, 1.807) is 7.11 Å². The van der Waals surface area contributed by atoms with Crippen LogP contribution in [0.15, 0.2) is 39.3 Å². The normalized spacial score (nSPS) is 10.6. The number of hydrogen-bond acceptors (Lipinski definition) is 6. The Morgan fingerprint density at radius 3 is 3.00 bits per heavy atom. The van der Waals surface area contributed by atoms with Crippen LogP contribution in [0.3, 0.4) is 0 Å². The molecule has 7 heteroatoms. The van der Waals surface area contributed by atoms with Gasteiger partial charge in [-0.05, 0) is 17.7 Å². The van der Waals surface area contributed by atoms with Crippen LogP contribution < -0.4 is 10.3 Å². The zero-order chi connectivity index (χ0) is 16.4. The Balaban J connectivity index is 1.95. The van der Waals surface area contributed by atoms with Crippen LogP contribution in [0.4, 0.5) is 0 Å². The number of nitrogens with one attached hydrogen (secondary N) is 1. The lowest BCUT2D eigenvalue weighted by atomic mass is 10.2. The van der Waals surface area contributed by atoms with Gasteiger partial charge in [-0.3, -0.25) is 4.79 Å². The predicted molar refractivity (Wildman–Crippen MR) is 91.4 cm³/mol. The molecule has 0 amide bonds. The van der Waals surface area contributed by atoms with Crippen molar-refractivity contribution in [3.63, 3.8) is 0 Å². The third kappa shape index (κ3) is 3.04. The van der Waals surface area contributed by atoms with Gasteiger partial charge in [-0.2, -0.15) is 5.26 Å². The van der Waals surface area contributed by atoms with Gasteiger partial charge in [-0.15, -0.1) is 23.1 Å². The Labute approximate surface area is 140 Å². The van der Waals surface area contributed by atoms with Crippen molar-refractivity contribution in [2.24, 2.45) is 0 Å². The Kier molecular flexibility index (Phi) is 4.28. The number of benzene rings is 1. The van der Waals surface area contributed by atoms with Crippen molar-refractivity contribution in [3.8, 4) is 17.6 Å². The summed E-state index contributed by atoms with van der Waals surface area (Å²) in [5.41, 5.74) is 1.43. The number of ether oxygens (including phenoxy) is 1. The van der Waals surface area contributed by atoms with Crippen LogP contribution in [0.2, 0.25) is 0 Å². The van der Waals surface area contributed by atoms with E-state index in [0.717, 1.165) is 21.6 Å². The molecule has 3 rings (SSSR count). The monoisotopic (exact) mass is 344 g/mol. The van der Waals surface area contributed by atoms with E-state index in [0.29, 0.717) is 21.5 Å². The van der Waals surface area contributed by atoms with Gasteiger partial charge in [0.25, 0.3) is 5.56 Å². The minimum Gasteiger partial charge on any atom is -0.506 e.